The lowest BCUT2D eigenvalue weighted by Crippen LogP contribution is -2.27. The lowest BCUT2D eigenvalue weighted by molar-refractivity contribution is 0.558. The van der Waals surface area contributed by atoms with Crippen molar-refractivity contribution >= 4 is 10.0 Å². The fourth-order valence-corrected chi connectivity index (χ4v) is 2.37. The van der Waals surface area contributed by atoms with Gasteiger partial charge < -0.3 is 9.97 Å². The fourth-order valence-electron chi connectivity index (χ4n) is 1.26. The molecule has 0 aliphatic carbocycles. The maximum Gasteiger partial charge on any atom is 0.258 e. The summed E-state index contributed by atoms with van der Waals surface area (Å²) in [7, 11) is -3.57. The summed E-state index contributed by atoms with van der Waals surface area (Å²) in [5.41, 5.74) is 0. The summed E-state index contributed by atoms with van der Waals surface area (Å²) in [6.45, 7) is 1.70. The molecule has 0 bridgehead atoms. The molecule has 0 aromatic carbocycles. The van der Waals surface area contributed by atoms with E-state index in [4.69, 9.17) is 0 Å². The van der Waals surface area contributed by atoms with Gasteiger partial charge in [-0.3, -0.25) is 0 Å². The van der Waals surface area contributed by atoms with E-state index >= 15 is 0 Å². The highest BCUT2D eigenvalue weighted by atomic mass is 32.2. The lowest BCUT2D eigenvalue weighted by atomic mass is 10.3. The number of nitrogens with one attached hydrogen (secondary N) is 3. The van der Waals surface area contributed by atoms with Gasteiger partial charge in [0.15, 0.2) is 5.03 Å². The Hall–Kier alpha value is -1.67. The molecule has 2 heterocycles. The Balaban J connectivity index is 2.16. The quantitative estimate of drug-likeness (QED) is 0.709. The van der Waals surface area contributed by atoms with Gasteiger partial charge in [-0.25, -0.2) is 18.4 Å². The van der Waals surface area contributed by atoms with Crippen molar-refractivity contribution in [1.82, 2.24) is 24.7 Å². The monoisotopic (exact) mass is 241 g/mol. The zero-order valence-electron chi connectivity index (χ0n) is 8.51. The van der Waals surface area contributed by atoms with Crippen LogP contribution in [0.3, 0.4) is 0 Å². The number of sulfonamides is 1. The number of aromatic amines is 2. The molecule has 8 heteroatoms. The molecule has 2 rings (SSSR count). The predicted octanol–water partition coefficient (Wildman–Crippen LogP) is 0.172. The van der Waals surface area contributed by atoms with E-state index in [9.17, 15) is 8.42 Å². The third kappa shape index (κ3) is 2.12. The van der Waals surface area contributed by atoms with Gasteiger partial charge in [0.05, 0.1) is 18.6 Å². The van der Waals surface area contributed by atoms with Crippen molar-refractivity contribution in [3.8, 4) is 0 Å². The first kappa shape index (κ1) is 10.8. The van der Waals surface area contributed by atoms with Crippen molar-refractivity contribution in [2.24, 2.45) is 0 Å². The van der Waals surface area contributed by atoms with Crippen LogP contribution in [0.2, 0.25) is 0 Å². The zero-order chi connectivity index (χ0) is 11.6. The highest BCUT2D eigenvalue weighted by molar-refractivity contribution is 7.89. The topological polar surface area (TPSA) is 104 Å². The van der Waals surface area contributed by atoms with Crippen molar-refractivity contribution < 1.29 is 8.42 Å². The smallest absolute Gasteiger partial charge is 0.258 e. The van der Waals surface area contributed by atoms with E-state index in [1.165, 1.54) is 12.5 Å². The molecular formula is C8H11N5O2S. The second-order valence-corrected chi connectivity index (χ2v) is 4.92. The third-order valence-electron chi connectivity index (χ3n) is 2.02. The van der Waals surface area contributed by atoms with Gasteiger partial charge in [-0.2, -0.15) is 4.72 Å². The minimum atomic E-state index is -3.57. The van der Waals surface area contributed by atoms with Crippen molar-refractivity contribution in [3.05, 3.63) is 30.7 Å². The standard InChI is InChI=1S/C8H11N5O2S/c1-6(8-10-2-3-11-8)13-16(14,15)7-4-9-5-12-7/h2-6,13H,1H3,(H,9,12)(H,10,11). The van der Waals surface area contributed by atoms with Crippen LogP contribution in [0.4, 0.5) is 0 Å². The van der Waals surface area contributed by atoms with Gasteiger partial charge in [0.1, 0.15) is 5.82 Å². The molecule has 0 amide bonds. The largest absolute Gasteiger partial charge is 0.347 e. The zero-order valence-corrected chi connectivity index (χ0v) is 9.32. The maximum absolute atomic E-state index is 11.8. The van der Waals surface area contributed by atoms with E-state index in [-0.39, 0.29) is 5.03 Å². The van der Waals surface area contributed by atoms with E-state index in [1.807, 2.05) is 0 Å². The summed E-state index contributed by atoms with van der Waals surface area (Å²) in [5, 5.41) is 0.0332. The summed E-state index contributed by atoms with van der Waals surface area (Å²) in [4.78, 5) is 13.0. The van der Waals surface area contributed by atoms with Crippen molar-refractivity contribution in [1.29, 1.82) is 0 Å². The Kier molecular flexibility index (Phi) is 2.75. The molecule has 86 valence electrons. The van der Waals surface area contributed by atoms with Crippen molar-refractivity contribution in [3.63, 3.8) is 0 Å². The Morgan fingerprint density at radius 2 is 2.25 bits per heavy atom. The Morgan fingerprint density at radius 3 is 2.81 bits per heavy atom. The van der Waals surface area contributed by atoms with Gasteiger partial charge in [-0.15, -0.1) is 0 Å². The summed E-state index contributed by atoms with van der Waals surface area (Å²) < 4.78 is 26.0. The molecule has 1 atom stereocenters. The summed E-state index contributed by atoms with van der Waals surface area (Å²) in [6, 6.07) is -0.428. The van der Waals surface area contributed by atoms with Gasteiger partial charge in [0, 0.05) is 12.4 Å². The molecule has 0 radical (unpaired) electrons. The van der Waals surface area contributed by atoms with Gasteiger partial charge in [0.2, 0.25) is 0 Å². The molecule has 16 heavy (non-hydrogen) atoms. The summed E-state index contributed by atoms with van der Waals surface area (Å²) >= 11 is 0. The van der Waals surface area contributed by atoms with Gasteiger partial charge in [0.25, 0.3) is 10.0 Å². The summed E-state index contributed by atoms with van der Waals surface area (Å²) in [5.74, 6) is 0.558. The molecular weight excluding hydrogens is 230 g/mol. The van der Waals surface area contributed by atoms with Crippen LogP contribution < -0.4 is 4.72 Å². The number of imidazole rings is 2. The SMILES string of the molecule is CC(NS(=O)(=O)c1cnc[nH]1)c1ncc[nH]1. The number of H-pyrrole nitrogens is 2. The van der Waals surface area contributed by atoms with Crippen LogP contribution >= 0.6 is 0 Å². The molecule has 3 N–H and O–H groups in total. The Bertz CT molecular complexity index is 531. The predicted molar refractivity (Wildman–Crippen MR) is 55.9 cm³/mol. The summed E-state index contributed by atoms with van der Waals surface area (Å²) in [6.07, 6.45) is 5.76. The molecule has 1 unspecified atom stereocenters. The minimum absolute atomic E-state index is 0.0332. The van der Waals surface area contributed by atoms with Crippen LogP contribution in [0, 0.1) is 0 Å². The molecule has 0 saturated heterocycles. The molecule has 0 aliphatic heterocycles. The van der Waals surface area contributed by atoms with Crippen molar-refractivity contribution in [2.45, 2.75) is 18.0 Å². The molecule has 7 nitrogen and oxygen atoms in total. The van der Waals surface area contributed by atoms with Crippen LogP contribution in [0.1, 0.15) is 18.8 Å². The van der Waals surface area contributed by atoms with Gasteiger partial charge in [-0.1, -0.05) is 0 Å². The van der Waals surface area contributed by atoms with Crippen LogP contribution in [-0.4, -0.2) is 28.4 Å². The highest BCUT2D eigenvalue weighted by Gasteiger charge is 2.20. The number of nitrogens with zero attached hydrogens (tertiary/aromatic N) is 2. The van der Waals surface area contributed by atoms with E-state index in [2.05, 4.69) is 24.7 Å². The second kappa shape index (κ2) is 4.06. The normalized spacial score (nSPS) is 13.8. The van der Waals surface area contributed by atoms with Gasteiger partial charge in [-0.05, 0) is 6.92 Å². The lowest BCUT2D eigenvalue weighted by Gasteiger charge is -2.10. The molecule has 0 aliphatic rings. The highest BCUT2D eigenvalue weighted by Crippen LogP contribution is 2.11. The molecule has 0 fully saturated rings. The van der Waals surface area contributed by atoms with E-state index in [1.54, 1.807) is 19.3 Å². The molecule has 0 spiro atoms. The number of hydrogen-bond donors (Lipinski definition) is 3. The second-order valence-electron chi connectivity index (χ2n) is 3.23. The minimum Gasteiger partial charge on any atom is -0.347 e. The van der Waals surface area contributed by atoms with Gasteiger partial charge >= 0.3 is 0 Å². The first-order valence-corrected chi connectivity index (χ1v) is 6.08. The number of rotatable bonds is 4. The van der Waals surface area contributed by atoms with E-state index in [0.29, 0.717) is 5.82 Å². The Labute approximate surface area is 92.4 Å². The van der Waals surface area contributed by atoms with E-state index < -0.39 is 16.1 Å². The molecule has 2 aromatic heterocycles. The van der Waals surface area contributed by atoms with Crippen LogP contribution in [0.15, 0.2) is 29.9 Å². The Morgan fingerprint density at radius 1 is 1.44 bits per heavy atom. The first-order valence-electron chi connectivity index (χ1n) is 4.59. The van der Waals surface area contributed by atoms with E-state index in [0.717, 1.165) is 0 Å². The third-order valence-corrected chi connectivity index (χ3v) is 3.49. The average Bonchev–Trinajstić information content (AvgIpc) is 2.91. The fraction of sp³-hybridized carbons (Fsp3) is 0.250. The molecule has 2 aromatic rings. The van der Waals surface area contributed by atoms with Crippen LogP contribution in [0.25, 0.3) is 0 Å². The average molecular weight is 241 g/mol. The van der Waals surface area contributed by atoms with Crippen molar-refractivity contribution in [2.75, 3.05) is 0 Å². The van der Waals surface area contributed by atoms with Crippen LogP contribution in [-0.2, 0) is 10.0 Å². The number of aromatic nitrogens is 4. The maximum atomic E-state index is 11.8. The van der Waals surface area contributed by atoms with Crippen LogP contribution in [0.5, 0.6) is 0 Å². The first-order chi connectivity index (χ1) is 7.59. The molecule has 0 saturated carbocycles. The number of hydrogen-bond acceptors (Lipinski definition) is 4.